The minimum Gasteiger partial charge on any atom is -0.493 e. The van der Waals surface area contributed by atoms with Gasteiger partial charge >= 0.3 is 5.97 Å². The Morgan fingerprint density at radius 2 is 1.97 bits per heavy atom. The van der Waals surface area contributed by atoms with Gasteiger partial charge in [-0.05, 0) is 62.6 Å². The number of hydrogen-bond donors (Lipinski definition) is 0. The number of esters is 1. The van der Waals surface area contributed by atoms with Crippen LogP contribution in [0.5, 0.6) is 11.5 Å². The summed E-state index contributed by atoms with van der Waals surface area (Å²) < 4.78 is 18.9. The van der Waals surface area contributed by atoms with Gasteiger partial charge in [0.1, 0.15) is 6.04 Å². The molecule has 1 unspecified atom stereocenters. The minimum atomic E-state index is -0.766. The number of unbranched alkanes of at least 4 members (excludes halogenated alkanes) is 1. The normalized spacial score (nSPS) is 15.3. The summed E-state index contributed by atoms with van der Waals surface area (Å²) in [5.74, 6) is 0.720. The molecule has 2 aromatic carbocycles. The topological polar surface area (TPSA) is 79.1 Å². The van der Waals surface area contributed by atoms with Crippen molar-refractivity contribution in [3.8, 4) is 11.5 Å². The van der Waals surface area contributed by atoms with Crippen LogP contribution in [0.1, 0.15) is 57.7 Å². The maximum atomic E-state index is 13.8. The van der Waals surface area contributed by atoms with Gasteiger partial charge in [-0.1, -0.05) is 60.5 Å². The molecule has 1 aliphatic rings. The van der Waals surface area contributed by atoms with Gasteiger partial charge in [-0.2, -0.15) is 0 Å². The van der Waals surface area contributed by atoms with Crippen LogP contribution in [-0.2, 0) is 9.53 Å². The largest absolute Gasteiger partial charge is 0.493 e. The molecule has 4 rings (SSSR count). The Morgan fingerprint density at radius 1 is 1.21 bits per heavy atom. The Morgan fingerprint density at radius 3 is 2.66 bits per heavy atom. The summed E-state index contributed by atoms with van der Waals surface area (Å²) in [7, 11) is 1.59. The number of ether oxygens (including phenoxy) is 3. The number of halogens is 1. The minimum absolute atomic E-state index is 0.275. The van der Waals surface area contributed by atoms with Crippen molar-refractivity contribution in [2.45, 2.75) is 52.7 Å². The van der Waals surface area contributed by atoms with Gasteiger partial charge in [0.2, 0.25) is 0 Å². The van der Waals surface area contributed by atoms with Gasteiger partial charge < -0.3 is 14.2 Å². The van der Waals surface area contributed by atoms with Crippen molar-refractivity contribution >= 4 is 35.0 Å². The highest BCUT2D eigenvalue weighted by molar-refractivity contribution is 7.07. The first-order valence-corrected chi connectivity index (χ1v) is 13.7. The summed E-state index contributed by atoms with van der Waals surface area (Å²) in [5.41, 5.74) is 1.91. The van der Waals surface area contributed by atoms with E-state index >= 15 is 0 Å². The highest BCUT2D eigenvalue weighted by Crippen LogP contribution is 2.34. The summed E-state index contributed by atoms with van der Waals surface area (Å²) in [6.45, 7) is 8.02. The molecule has 2 heterocycles. The molecule has 0 radical (unpaired) electrons. The lowest BCUT2D eigenvalue weighted by Gasteiger charge is -2.26. The average molecular weight is 555 g/mol. The fourth-order valence-corrected chi connectivity index (χ4v) is 5.51. The standard InChI is InChI=1S/C29H31ClN2O5S/c1-6-7-14-36-22-13-12-19(15-23(22)35-5)16-24-27(33)32-26(20-10-8-9-11-21(20)30)25(28(34)37-17(2)3)18(4)31-29(32)38-24/h8-13,15-17,26H,6-7,14H2,1-5H3. The van der Waals surface area contributed by atoms with Crippen LogP contribution in [0.4, 0.5) is 0 Å². The fraction of sp³-hybridized carbons (Fsp3) is 0.345. The average Bonchev–Trinajstić information content (AvgIpc) is 3.18. The molecule has 38 heavy (non-hydrogen) atoms. The molecule has 1 aliphatic heterocycles. The van der Waals surface area contributed by atoms with Crippen LogP contribution in [0.2, 0.25) is 5.02 Å². The maximum Gasteiger partial charge on any atom is 0.338 e. The SMILES string of the molecule is CCCCOc1ccc(C=c2sc3n(c2=O)C(c2ccccc2Cl)C(C(=O)OC(C)C)=C(C)N=3)cc1OC. The quantitative estimate of drug-likeness (QED) is 0.274. The summed E-state index contributed by atoms with van der Waals surface area (Å²) >= 11 is 7.83. The van der Waals surface area contributed by atoms with E-state index in [0.29, 0.717) is 49.3 Å². The number of fused-ring (bicyclic) bond motifs is 1. The van der Waals surface area contributed by atoms with Crippen molar-refractivity contribution in [2.75, 3.05) is 13.7 Å². The third kappa shape index (κ3) is 5.71. The van der Waals surface area contributed by atoms with Gasteiger partial charge in [0.15, 0.2) is 16.3 Å². The van der Waals surface area contributed by atoms with Crippen molar-refractivity contribution < 1.29 is 19.0 Å². The first-order valence-electron chi connectivity index (χ1n) is 12.5. The van der Waals surface area contributed by atoms with Crippen molar-refractivity contribution in [1.29, 1.82) is 0 Å². The van der Waals surface area contributed by atoms with Crippen LogP contribution < -0.4 is 24.4 Å². The van der Waals surface area contributed by atoms with Crippen LogP contribution in [0.3, 0.4) is 0 Å². The number of allylic oxidation sites excluding steroid dienone is 1. The zero-order valence-corrected chi connectivity index (χ0v) is 23.7. The second kappa shape index (κ2) is 12.0. The van der Waals surface area contributed by atoms with Crippen molar-refractivity contribution in [1.82, 2.24) is 4.57 Å². The van der Waals surface area contributed by atoms with E-state index in [1.54, 1.807) is 46.1 Å². The highest BCUT2D eigenvalue weighted by Gasteiger charge is 2.34. The molecule has 200 valence electrons. The van der Waals surface area contributed by atoms with E-state index in [9.17, 15) is 9.59 Å². The Labute approximate surface area is 230 Å². The van der Waals surface area contributed by atoms with E-state index in [0.717, 1.165) is 18.4 Å². The van der Waals surface area contributed by atoms with E-state index in [1.165, 1.54) is 15.9 Å². The first-order chi connectivity index (χ1) is 18.2. The fourth-order valence-electron chi connectivity index (χ4n) is 4.22. The lowest BCUT2D eigenvalue weighted by molar-refractivity contribution is -0.143. The number of nitrogens with zero attached hydrogens (tertiary/aromatic N) is 2. The van der Waals surface area contributed by atoms with Gasteiger partial charge in [0.05, 0.1) is 35.6 Å². The zero-order valence-electron chi connectivity index (χ0n) is 22.1. The van der Waals surface area contributed by atoms with Crippen molar-refractivity contribution in [3.05, 3.63) is 89.6 Å². The van der Waals surface area contributed by atoms with Crippen LogP contribution in [0, 0.1) is 0 Å². The third-order valence-corrected chi connectivity index (χ3v) is 7.35. The molecule has 0 fully saturated rings. The number of carbonyl (C=O) groups is 1. The molecule has 9 heteroatoms. The van der Waals surface area contributed by atoms with E-state index in [4.69, 9.17) is 25.8 Å². The van der Waals surface area contributed by atoms with Gasteiger partial charge in [-0.25, -0.2) is 9.79 Å². The van der Waals surface area contributed by atoms with Crippen LogP contribution >= 0.6 is 22.9 Å². The second-order valence-electron chi connectivity index (χ2n) is 9.17. The molecule has 1 atom stereocenters. The second-order valence-corrected chi connectivity index (χ2v) is 10.6. The van der Waals surface area contributed by atoms with E-state index in [1.807, 2.05) is 30.3 Å². The summed E-state index contributed by atoms with van der Waals surface area (Å²) in [4.78, 5) is 32.1. The molecule has 3 aromatic rings. The predicted octanol–water partition coefficient (Wildman–Crippen LogP) is 5.03. The van der Waals surface area contributed by atoms with Crippen LogP contribution in [0.15, 0.2) is 63.5 Å². The lowest BCUT2D eigenvalue weighted by Crippen LogP contribution is -2.40. The molecule has 0 saturated heterocycles. The molecule has 7 nitrogen and oxygen atoms in total. The number of methoxy groups -OCH3 is 1. The molecule has 1 aromatic heterocycles. The number of benzene rings is 2. The molecule has 0 spiro atoms. The Bertz CT molecular complexity index is 1550. The van der Waals surface area contributed by atoms with Crippen LogP contribution in [-0.4, -0.2) is 30.4 Å². The monoisotopic (exact) mass is 554 g/mol. The van der Waals surface area contributed by atoms with Crippen molar-refractivity contribution in [3.63, 3.8) is 0 Å². The number of carbonyl (C=O) groups excluding carboxylic acids is 1. The molecule has 0 bridgehead atoms. The lowest BCUT2D eigenvalue weighted by atomic mass is 9.96. The van der Waals surface area contributed by atoms with E-state index in [2.05, 4.69) is 11.9 Å². The number of rotatable bonds is 9. The predicted molar refractivity (Wildman–Crippen MR) is 150 cm³/mol. The Kier molecular flexibility index (Phi) is 8.74. The highest BCUT2D eigenvalue weighted by atomic mass is 35.5. The molecular formula is C29H31ClN2O5S. The molecule has 0 N–H and O–H groups in total. The number of aromatic nitrogens is 1. The van der Waals surface area contributed by atoms with E-state index in [-0.39, 0.29) is 11.7 Å². The Hall–Kier alpha value is -3.36. The van der Waals surface area contributed by atoms with Crippen molar-refractivity contribution in [2.24, 2.45) is 4.99 Å². The molecule has 0 saturated carbocycles. The van der Waals surface area contributed by atoms with E-state index < -0.39 is 12.0 Å². The molecule has 0 aliphatic carbocycles. The van der Waals surface area contributed by atoms with Gasteiger partial charge in [0, 0.05) is 5.02 Å². The van der Waals surface area contributed by atoms with Gasteiger partial charge in [-0.15, -0.1) is 0 Å². The van der Waals surface area contributed by atoms with Gasteiger partial charge in [-0.3, -0.25) is 9.36 Å². The first kappa shape index (κ1) is 27.7. The summed E-state index contributed by atoms with van der Waals surface area (Å²) in [6, 6.07) is 12.0. The zero-order chi connectivity index (χ0) is 27.4. The summed E-state index contributed by atoms with van der Waals surface area (Å²) in [5, 5.41) is 0.444. The maximum absolute atomic E-state index is 13.8. The number of thiazole rings is 1. The Balaban J connectivity index is 1.85. The molecular weight excluding hydrogens is 524 g/mol. The third-order valence-electron chi connectivity index (χ3n) is 6.03. The smallest absolute Gasteiger partial charge is 0.338 e. The van der Waals surface area contributed by atoms with Crippen LogP contribution in [0.25, 0.3) is 6.08 Å². The molecule has 0 amide bonds. The van der Waals surface area contributed by atoms with Gasteiger partial charge in [0.25, 0.3) is 5.56 Å². The number of hydrogen-bond acceptors (Lipinski definition) is 7. The summed E-state index contributed by atoms with van der Waals surface area (Å²) in [6.07, 6.45) is 3.44.